The molecule has 0 aliphatic rings. The minimum absolute atomic E-state index is 0.302. The van der Waals surface area contributed by atoms with Crippen LogP contribution in [0.25, 0.3) is 11.3 Å². The fourth-order valence-corrected chi connectivity index (χ4v) is 6.32. The van der Waals surface area contributed by atoms with E-state index in [2.05, 4.69) is 94.3 Å². The van der Waals surface area contributed by atoms with Crippen molar-refractivity contribution in [3.63, 3.8) is 0 Å². The summed E-state index contributed by atoms with van der Waals surface area (Å²) in [4.78, 5) is 17.3. The van der Waals surface area contributed by atoms with Gasteiger partial charge >= 0.3 is 0 Å². The number of anilines is 2. The maximum Gasteiger partial charge on any atom is 0.271 e. The highest BCUT2D eigenvalue weighted by Gasteiger charge is 2.11. The number of hydrogen-bond acceptors (Lipinski definition) is 6. The van der Waals surface area contributed by atoms with E-state index in [-0.39, 0.29) is 5.91 Å². The molecule has 4 aromatic carbocycles. The second kappa shape index (κ2) is 13.7. The molecule has 0 spiro atoms. The topological polar surface area (TPSA) is 75.6 Å². The molecule has 1 heterocycles. The highest BCUT2D eigenvalue weighted by molar-refractivity contribution is 14.1. The first-order valence-electron chi connectivity index (χ1n) is 12.4. The molecule has 0 unspecified atom stereocenters. The average Bonchev–Trinajstić information content (AvgIpc) is 3.43. The van der Waals surface area contributed by atoms with E-state index in [4.69, 9.17) is 4.74 Å². The molecule has 0 radical (unpaired) electrons. The van der Waals surface area contributed by atoms with Gasteiger partial charge in [0.15, 0.2) is 5.13 Å². The van der Waals surface area contributed by atoms with Crippen LogP contribution >= 0.6 is 65.8 Å². The summed E-state index contributed by atoms with van der Waals surface area (Å²) in [5, 5.41) is 10.3. The van der Waals surface area contributed by atoms with Crippen LogP contribution < -0.4 is 15.5 Å². The molecule has 1 amide bonds. The van der Waals surface area contributed by atoms with Gasteiger partial charge in [0.25, 0.3) is 5.91 Å². The Morgan fingerprint density at radius 3 is 2.37 bits per heavy atom. The number of nitrogens with one attached hydrogen (secondary N) is 2. The number of aryl methyl sites for hydroxylation is 1. The van der Waals surface area contributed by atoms with Crippen molar-refractivity contribution >= 4 is 88.7 Å². The van der Waals surface area contributed by atoms with Gasteiger partial charge in [-0.1, -0.05) is 42.0 Å². The van der Waals surface area contributed by atoms with Crippen molar-refractivity contribution in [1.29, 1.82) is 0 Å². The Kier molecular flexibility index (Phi) is 9.86. The van der Waals surface area contributed by atoms with Crippen molar-refractivity contribution in [3.8, 4) is 17.0 Å². The van der Waals surface area contributed by atoms with Crippen LogP contribution in [-0.4, -0.2) is 17.1 Å². The van der Waals surface area contributed by atoms with Crippen LogP contribution in [0.3, 0.4) is 0 Å². The predicted octanol–water partition coefficient (Wildman–Crippen LogP) is 9.33. The van der Waals surface area contributed by atoms with Gasteiger partial charge in [0.2, 0.25) is 0 Å². The van der Waals surface area contributed by atoms with Crippen LogP contribution in [0.1, 0.15) is 27.0 Å². The molecule has 5 rings (SSSR count). The largest absolute Gasteiger partial charge is 0.487 e. The summed E-state index contributed by atoms with van der Waals surface area (Å²) >= 11 is 11.0. The Labute approximate surface area is 272 Å². The van der Waals surface area contributed by atoms with Crippen molar-refractivity contribution < 1.29 is 9.53 Å². The zero-order valence-electron chi connectivity index (χ0n) is 21.7. The molecular formula is C31H23Br2IN4O2S. The molecule has 10 heteroatoms. The van der Waals surface area contributed by atoms with E-state index in [1.165, 1.54) is 20.5 Å². The predicted molar refractivity (Wildman–Crippen MR) is 182 cm³/mol. The van der Waals surface area contributed by atoms with Gasteiger partial charge in [-0.15, -0.1) is 11.3 Å². The number of benzene rings is 4. The highest BCUT2D eigenvalue weighted by Crippen LogP contribution is 2.35. The molecule has 1 aromatic heterocycles. The molecule has 206 valence electrons. The van der Waals surface area contributed by atoms with Gasteiger partial charge in [-0.2, -0.15) is 5.10 Å². The zero-order chi connectivity index (χ0) is 28.8. The Hall–Kier alpha value is -3.06. The third kappa shape index (κ3) is 8.03. The molecular weight excluding hydrogens is 779 g/mol. The van der Waals surface area contributed by atoms with E-state index in [9.17, 15) is 4.79 Å². The lowest BCUT2D eigenvalue weighted by Crippen LogP contribution is -2.17. The summed E-state index contributed by atoms with van der Waals surface area (Å²) in [6.07, 6.45) is 1.59. The number of hydrogen-bond donors (Lipinski definition) is 2. The fraction of sp³-hybridized carbons (Fsp3) is 0.0645. The number of amides is 1. The number of halogens is 3. The molecule has 2 N–H and O–H groups in total. The van der Waals surface area contributed by atoms with Gasteiger partial charge in [0, 0.05) is 25.8 Å². The normalized spacial score (nSPS) is 11.0. The van der Waals surface area contributed by atoms with Crippen molar-refractivity contribution in [2.75, 3.05) is 5.32 Å². The summed E-state index contributed by atoms with van der Waals surface area (Å²) in [7, 11) is 0. The van der Waals surface area contributed by atoms with E-state index >= 15 is 0 Å². The van der Waals surface area contributed by atoms with Crippen molar-refractivity contribution in [2.24, 2.45) is 5.10 Å². The maximum absolute atomic E-state index is 12.7. The van der Waals surface area contributed by atoms with Crippen LogP contribution in [0.2, 0.25) is 0 Å². The van der Waals surface area contributed by atoms with Gasteiger partial charge < -0.3 is 10.1 Å². The first kappa shape index (κ1) is 29.4. The van der Waals surface area contributed by atoms with Crippen molar-refractivity contribution in [3.05, 3.63) is 125 Å². The molecule has 0 aliphatic carbocycles. The minimum atomic E-state index is -0.302. The Morgan fingerprint density at radius 2 is 1.68 bits per heavy atom. The average molecular weight is 802 g/mol. The molecule has 0 aliphatic heterocycles. The molecule has 0 saturated carbocycles. The van der Waals surface area contributed by atoms with E-state index in [0.29, 0.717) is 17.9 Å². The fourth-order valence-electron chi connectivity index (χ4n) is 3.77. The number of aromatic nitrogens is 1. The minimum Gasteiger partial charge on any atom is -0.487 e. The standard InChI is InChI=1S/C31H23Br2IN4O2S/c1-19-2-12-25(13-3-19)36-31-37-28(18-41-31)22-6-8-23(9-7-22)30(39)38-35-16-21-14-26(32)29(27(33)15-21)40-17-20-4-10-24(34)11-5-20/h2-16,18H,17H2,1H3,(H,36,37)(H,38,39)/b35-16-. The Bertz CT molecular complexity index is 1670. The monoisotopic (exact) mass is 800 g/mol. The molecule has 0 atom stereocenters. The van der Waals surface area contributed by atoms with E-state index < -0.39 is 0 Å². The van der Waals surface area contributed by atoms with Crippen LogP contribution in [0.5, 0.6) is 5.75 Å². The summed E-state index contributed by atoms with van der Waals surface area (Å²) < 4.78 is 8.74. The Morgan fingerprint density at radius 1 is 1.00 bits per heavy atom. The number of rotatable bonds is 9. The first-order chi connectivity index (χ1) is 19.8. The lowest BCUT2D eigenvalue weighted by Gasteiger charge is -2.11. The molecule has 0 bridgehead atoms. The third-order valence-corrected chi connectivity index (χ3v) is 8.60. The van der Waals surface area contributed by atoms with Crippen LogP contribution in [0.4, 0.5) is 10.8 Å². The third-order valence-electron chi connectivity index (χ3n) is 5.95. The highest BCUT2D eigenvalue weighted by atomic mass is 127. The van der Waals surface area contributed by atoms with E-state index in [0.717, 1.165) is 42.1 Å². The van der Waals surface area contributed by atoms with Crippen LogP contribution in [-0.2, 0) is 6.61 Å². The summed E-state index contributed by atoms with van der Waals surface area (Å²) in [6.45, 7) is 2.51. The summed E-state index contributed by atoms with van der Waals surface area (Å²) in [5.74, 6) is 0.395. The molecule has 0 saturated heterocycles. The summed E-state index contributed by atoms with van der Waals surface area (Å²) in [6, 6.07) is 27.4. The van der Waals surface area contributed by atoms with Gasteiger partial charge in [-0.05, 0) is 121 Å². The Balaban J connectivity index is 1.16. The number of thiazole rings is 1. The SMILES string of the molecule is Cc1ccc(Nc2nc(-c3ccc(C(=O)N/N=C\c4cc(Br)c(OCc5ccc(I)cc5)c(Br)c4)cc3)cs2)cc1. The second-order valence-electron chi connectivity index (χ2n) is 9.03. The van der Waals surface area contributed by atoms with Gasteiger partial charge in [0.1, 0.15) is 12.4 Å². The second-order valence-corrected chi connectivity index (χ2v) is 12.8. The number of hydrazone groups is 1. The lowest BCUT2D eigenvalue weighted by atomic mass is 10.1. The van der Waals surface area contributed by atoms with E-state index in [1.54, 1.807) is 18.3 Å². The van der Waals surface area contributed by atoms with Crippen LogP contribution in [0, 0.1) is 10.5 Å². The quantitative estimate of drug-likeness (QED) is 0.0886. The number of carbonyl (C=O) groups is 1. The zero-order valence-corrected chi connectivity index (χ0v) is 27.8. The van der Waals surface area contributed by atoms with Gasteiger partial charge in [0.05, 0.1) is 20.9 Å². The van der Waals surface area contributed by atoms with Gasteiger partial charge in [-0.3, -0.25) is 4.79 Å². The molecule has 41 heavy (non-hydrogen) atoms. The molecule has 5 aromatic rings. The van der Waals surface area contributed by atoms with Gasteiger partial charge in [-0.25, -0.2) is 10.4 Å². The summed E-state index contributed by atoms with van der Waals surface area (Å²) in [5.41, 5.74) is 8.94. The number of ether oxygens (including phenoxy) is 1. The van der Waals surface area contributed by atoms with E-state index in [1.807, 2.05) is 66.0 Å². The van der Waals surface area contributed by atoms with Crippen molar-refractivity contribution in [1.82, 2.24) is 10.4 Å². The lowest BCUT2D eigenvalue weighted by molar-refractivity contribution is 0.0955. The number of nitrogens with zero attached hydrogens (tertiary/aromatic N) is 2. The van der Waals surface area contributed by atoms with Crippen molar-refractivity contribution in [2.45, 2.75) is 13.5 Å². The van der Waals surface area contributed by atoms with Crippen LogP contribution in [0.15, 0.2) is 104 Å². The molecule has 0 fully saturated rings. The number of carbonyl (C=O) groups excluding carboxylic acids is 1. The first-order valence-corrected chi connectivity index (χ1v) is 16.0. The smallest absolute Gasteiger partial charge is 0.271 e. The maximum atomic E-state index is 12.7. The molecule has 6 nitrogen and oxygen atoms in total.